The van der Waals surface area contributed by atoms with Crippen LogP contribution in [-0.4, -0.2) is 0 Å². The number of benzene rings is 8. The Morgan fingerprint density at radius 1 is 0.440 bits per heavy atom. The molecule has 2 aromatic heterocycles. The minimum Gasteiger partial charge on any atom is -0.310 e. The van der Waals surface area contributed by atoms with Crippen molar-refractivity contribution in [1.82, 2.24) is 0 Å². The maximum absolute atomic E-state index is 2.52. The highest BCUT2D eigenvalue weighted by molar-refractivity contribution is 7.30. The summed E-state index contributed by atoms with van der Waals surface area (Å²) in [6.07, 6.45) is 0. The van der Waals surface area contributed by atoms with Gasteiger partial charge < -0.3 is 4.90 Å². The lowest BCUT2D eigenvalue weighted by Gasteiger charge is -2.29. The first kappa shape index (κ1) is 28.4. The summed E-state index contributed by atoms with van der Waals surface area (Å²) in [5.74, 6) is 0. The second-order valence-corrected chi connectivity index (χ2v) is 16.2. The smallest absolute Gasteiger partial charge is 0.0555 e. The molecule has 0 aliphatic heterocycles. The Hall–Kier alpha value is -5.48. The Labute approximate surface area is 298 Å². The lowest BCUT2D eigenvalue weighted by molar-refractivity contribution is 0.660. The van der Waals surface area contributed by atoms with Crippen LogP contribution in [-0.2, 0) is 5.41 Å². The van der Waals surface area contributed by atoms with Crippen molar-refractivity contribution >= 4 is 102 Å². The second-order valence-electron chi connectivity index (χ2n) is 14.1. The van der Waals surface area contributed by atoms with Gasteiger partial charge in [0.25, 0.3) is 0 Å². The fourth-order valence-corrected chi connectivity index (χ4v) is 11.3. The maximum atomic E-state index is 2.52. The Kier molecular flexibility index (Phi) is 5.83. The van der Waals surface area contributed by atoms with Crippen molar-refractivity contribution in [2.24, 2.45) is 0 Å². The molecule has 0 saturated heterocycles. The number of anilines is 3. The lowest BCUT2D eigenvalue weighted by Crippen LogP contribution is -2.16. The molecule has 1 nitrogen and oxygen atoms in total. The summed E-state index contributed by atoms with van der Waals surface area (Å²) in [5, 5.41) is 10.6. The Balaban J connectivity index is 1.26. The van der Waals surface area contributed by atoms with Gasteiger partial charge in [-0.05, 0) is 80.9 Å². The number of nitrogens with zero attached hydrogens (tertiary/aromatic N) is 1. The minimum atomic E-state index is -0.0970. The lowest BCUT2D eigenvalue weighted by atomic mass is 9.82. The van der Waals surface area contributed by atoms with Gasteiger partial charge in [0.05, 0.1) is 5.69 Å². The van der Waals surface area contributed by atoms with Crippen LogP contribution in [0.3, 0.4) is 0 Å². The predicted octanol–water partition coefficient (Wildman–Crippen LogP) is 14.5. The van der Waals surface area contributed by atoms with Gasteiger partial charge in [0.2, 0.25) is 0 Å². The molecule has 0 spiro atoms. The molecule has 236 valence electrons. The third kappa shape index (κ3) is 3.82. The van der Waals surface area contributed by atoms with Gasteiger partial charge in [0.1, 0.15) is 0 Å². The highest BCUT2D eigenvalue weighted by atomic mass is 32.1. The van der Waals surface area contributed by atoms with E-state index in [1.807, 2.05) is 22.7 Å². The zero-order valence-corrected chi connectivity index (χ0v) is 29.3. The molecule has 8 aromatic carbocycles. The summed E-state index contributed by atoms with van der Waals surface area (Å²) in [5.41, 5.74) is 8.92. The van der Waals surface area contributed by atoms with Crippen molar-refractivity contribution < 1.29 is 0 Å². The number of rotatable bonds is 3. The van der Waals surface area contributed by atoms with Crippen LogP contribution in [0.1, 0.15) is 25.0 Å². The summed E-state index contributed by atoms with van der Waals surface area (Å²) in [6.45, 7) is 4.75. The van der Waals surface area contributed by atoms with E-state index in [4.69, 9.17) is 0 Å². The van der Waals surface area contributed by atoms with Crippen molar-refractivity contribution in [3.63, 3.8) is 0 Å². The third-order valence-corrected chi connectivity index (χ3v) is 13.4. The monoisotopic (exact) mass is 673 g/mol. The van der Waals surface area contributed by atoms with E-state index in [0.717, 1.165) is 5.69 Å². The zero-order valence-electron chi connectivity index (χ0n) is 27.7. The van der Waals surface area contributed by atoms with E-state index >= 15 is 0 Å². The van der Waals surface area contributed by atoms with E-state index in [0.29, 0.717) is 0 Å². The Morgan fingerprint density at radius 3 is 2.00 bits per heavy atom. The molecule has 50 heavy (non-hydrogen) atoms. The summed E-state index contributed by atoms with van der Waals surface area (Å²) < 4.78 is 5.39. The summed E-state index contributed by atoms with van der Waals surface area (Å²) in [4.78, 5) is 2.52. The van der Waals surface area contributed by atoms with Crippen LogP contribution in [0.5, 0.6) is 0 Å². The molecular formula is C47H31NS2. The molecule has 0 fully saturated rings. The van der Waals surface area contributed by atoms with Crippen molar-refractivity contribution in [3.05, 3.63) is 163 Å². The van der Waals surface area contributed by atoms with Gasteiger partial charge in [-0.15, -0.1) is 22.7 Å². The SMILES string of the molecule is CC1(C)c2ccccc2-c2ccc(N(c3ccc4ccccc4c3)c3cccc4sc5c6ccccc6c6c7ccccc7sc6c5c34)cc21. The fourth-order valence-electron chi connectivity index (χ4n) is 8.69. The van der Waals surface area contributed by atoms with Crippen LogP contribution in [0.15, 0.2) is 152 Å². The molecule has 0 atom stereocenters. The summed E-state index contributed by atoms with van der Waals surface area (Å²) >= 11 is 3.87. The van der Waals surface area contributed by atoms with Crippen LogP contribution in [0, 0.1) is 0 Å². The van der Waals surface area contributed by atoms with Crippen LogP contribution < -0.4 is 4.90 Å². The molecule has 2 heterocycles. The van der Waals surface area contributed by atoms with Gasteiger partial charge in [-0.3, -0.25) is 0 Å². The molecule has 10 aromatic rings. The van der Waals surface area contributed by atoms with Crippen LogP contribution in [0.25, 0.3) is 73.0 Å². The average molecular weight is 674 g/mol. The van der Waals surface area contributed by atoms with E-state index in [-0.39, 0.29) is 5.41 Å². The molecule has 1 aliphatic rings. The van der Waals surface area contributed by atoms with Crippen LogP contribution in [0.4, 0.5) is 17.1 Å². The molecule has 0 radical (unpaired) electrons. The largest absolute Gasteiger partial charge is 0.310 e. The molecule has 11 rings (SSSR count). The molecule has 0 saturated carbocycles. The topological polar surface area (TPSA) is 3.24 Å². The molecule has 0 amide bonds. The van der Waals surface area contributed by atoms with Gasteiger partial charge in [-0.1, -0.05) is 123 Å². The van der Waals surface area contributed by atoms with Crippen molar-refractivity contribution in [2.75, 3.05) is 4.90 Å². The first-order valence-electron chi connectivity index (χ1n) is 17.3. The van der Waals surface area contributed by atoms with Crippen molar-refractivity contribution in [1.29, 1.82) is 0 Å². The number of hydrogen-bond donors (Lipinski definition) is 0. The van der Waals surface area contributed by atoms with E-state index in [1.54, 1.807) is 0 Å². The van der Waals surface area contributed by atoms with Gasteiger partial charge in [-0.25, -0.2) is 0 Å². The first-order valence-corrected chi connectivity index (χ1v) is 18.9. The highest BCUT2D eigenvalue weighted by Crippen LogP contribution is 2.54. The number of fused-ring (bicyclic) bond motifs is 14. The second kappa shape index (κ2) is 10.3. The van der Waals surface area contributed by atoms with Gasteiger partial charge in [0.15, 0.2) is 0 Å². The fraction of sp³-hybridized carbons (Fsp3) is 0.0638. The Bertz CT molecular complexity index is 3030. The minimum absolute atomic E-state index is 0.0970. The molecule has 0 N–H and O–H groups in total. The highest BCUT2D eigenvalue weighted by Gasteiger charge is 2.36. The third-order valence-electron chi connectivity index (χ3n) is 11.0. The number of thiophene rings is 2. The van der Waals surface area contributed by atoms with Crippen LogP contribution in [0.2, 0.25) is 0 Å². The van der Waals surface area contributed by atoms with Crippen LogP contribution >= 0.6 is 22.7 Å². The molecule has 1 aliphatic carbocycles. The van der Waals surface area contributed by atoms with E-state index in [1.165, 1.54) is 95.5 Å². The van der Waals surface area contributed by atoms with E-state index in [2.05, 4.69) is 170 Å². The quantitative estimate of drug-likeness (QED) is 0.180. The summed E-state index contributed by atoms with van der Waals surface area (Å²) in [6, 6.07) is 56.6. The van der Waals surface area contributed by atoms with Gasteiger partial charge in [-0.2, -0.15) is 0 Å². The first-order chi connectivity index (χ1) is 24.6. The van der Waals surface area contributed by atoms with Crippen molar-refractivity contribution in [2.45, 2.75) is 19.3 Å². The normalized spacial score (nSPS) is 13.6. The summed E-state index contributed by atoms with van der Waals surface area (Å²) in [7, 11) is 0. The predicted molar refractivity (Wildman–Crippen MR) is 219 cm³/mol. The zero-order chi connectivity index (χ0) is 33.1. The standard InChI is InChI=1S/C47H31NS2/c1-47(2)37-18-9-7-14-32(37)33-25-24-31(27-38(33)47)48(30-23-22-28-12-3-4-13-29(28)26-30)39-19-11-21-41-43(39)44-45(50-41)35-16-6-5-15-34(35)42-36-17-8-10-20-40(36)49-46(42)44/h3-27H,1-2H3. The Morgan fingerprint density at radius 2 is 1.10 bits per heavy atom. The van der Waals surface area contributed by atoms with Crippen molar-refractivity contribution in [3.8, 4) is 11.1 Å². The molecule has 3 heteroatoms. The van der Waals surface area contributed by atoms with Gasteiger partial charge >= 0.3 is 0 Å². The van der Waals surface area contributed by atoms with E-state index in [9.17, 15) is 0 Å². The van der Waals surface area contributed by atoms with Gasteiger partial charge in [0, 0.05) is 62.5 Å². The number of hydrogen-bond acceptors (Lipinski definition) is 3. The maximum Gasteiger partial charge on any atom is 0.0555 e. The molecule has 0 unspecified atom stereocenters. The molecule has 0 bridgehead atoms. The molecular weight excluding hydrogens is 643 g/mol. The van der Waals surface area contributed by atoms with E-state index < -0.39 is 0 Å². The average Bonchev–Trinajstić information content (AvgIpc) is 3.81.